The highest BCUT2D eigenvalue weighted by Gasteiger charge is 2.15. The van der Waals surface area contributed by atoms with Crippen molar-refractivity contribution in [3.8, 4) is 5.82 Å². The number of aromatic nitrogens is 3. The lowest BCUT2D eigenvalue weighted by molar-refractivity contribution is 0.102. The van der Waals surface area contributed by atoms with Gasteiger partial charge in [-0.2, -0.15) is 5.10 Å². The summed E-state index contributed by atoms with van der Waals surface area (Å²) in [5.41, 5.74) is 3.96. The quantitative estimate of drug-likeness (QED) is 0.707. The molecule has 1 aromatic carbocycles. The lowest BCUT2D eigenvalue weighted by atomic mass is 10.1. The van der Waals surface area contributed by atoms with Gasteiger partial charge in [0.25, 0.3) is 5.91 Å². The monoisotopic (exact) mass is 368 g/mol. The molecule has 0 aliphatic carbocycles. The number of aryl methyl sites for hydroxylation is 3. The van der Waals surface area contributed by atoms with Crippen molar-refractivity contribution in [1.29, 1.82) is 0 Å². The van der Waals surface area contributed by atoms with Gasteiger partial charge in [-0.05, 0) is 56.2 Å². The van der Waals surface area contributed by atoms with E-state index in [1.54, 1.807) is 16.8 Å². The molecule has 1 N–H and O–H groups in total. The first-order chi connectivity index (χ1) is 12.5. The van der Waals surface area contributed by atoms with E-state index >= 15 is 0 Å². The fraction of sp³-hybridized carbons (Fsp3) is 0.250. The Hall–Kier alpha value is -2.66. The summed E-state index contributed by atoms with van der Waals surface area (Å²) in [6, 6.07) is 13.2. The number of anilines is 1. The normalized spacial score (nSPS) is 10.8. The zero-order valence-corrected chi connectivity index (χ0v) is 15.8. The number of halogens is 1. The summed E-state index contributed by atoms with van der Waals surface area (Å²) in [6.07, 6.45) is 2.11. The van der Waals surface area contributed by atoms with Crippen LogP contribution in [0.4, 0.5) is 5.69 Å². The largest absolute Gasteiger partial charge is 0.321 e. The number of carbonyl (C=O) groups excluding carboxylic acids is 1. The second kappa shape index (κ2) is 7.70. The van der Waals surface area contributed by atoms with E-state index in [4.69, 9.17) is 11.6 Å². The minimum absolute atomic E-state index is 0.175. The highest BCUT2D eigenvalue weighted by atomic mass is 35.5. The van der Waals surface area contributed by atoms with Crippen LogP contribution in [0.2, 0.25) is 5.02 Å². The molecule has 2 aromatic heterocycles. The van der Waals surface area contributed by atoms with Crippen LogP contribution >= 0.6 is 11.6 Å². The van der Waals surface area contributed by atoms with Gasteiger partial charge in [-0.15, -0.1) is 0 Å². The first-order valence-corrected chi connectivity index (χ1v) is 8.96. The van der Waals surface area contributed by atoms with Gasteiger partial charge in [0.15, 0.2) is 5.82 Å². The van der Waals surface area contributed by atoms with E-state index in [1.165, 1.54) is 5.56 Å². The van der Waals surface area contributed by atoms with E-state index < -0.39 is 0 Å². The maximum atomic E-state index is 12.6. The number of carbonyl (C=O) groups is 1. The minimum atomic E-state index is -0.346. The first kappa shape index (κ1) is 18.1. The molecule has 0 aliphatic heterocycles. The third kappa shape index (κ3) is 3.94. The molecule has 26 heavy (non-hydrogen) atoms. The van der Waals surface area contributed by atoms with E-state index in [0.717, 1.165) is 24.2 Å². The minimum Gasteiger partial charge on any atom is -0.321 e. The summed E-state index contributed by atoms with van der Waals surface area (Å²) < 4.78 is 1.70. The summed E-state index contributed by atoms with van der Waals surface area (Å²) in [4.78, 5) is 17.0. The summed E-state index contributed by atoms with van der Waals surface area (Å²) in [7, 11) is 0. The molecule has 134 valence electrons. The predicted molar refractivity (Wildman–Crippen MR) is 104 cm³/mol. The molecule has 6 heteroatoms. The number of benzene rings is 1. The fourth-order valence-electron chi connectivity index (χ4n) is 2.80. The zero-order valence-electron chi connectivity index (χ0n) is 15.1. The highest BCUT2D eigenvalue weighted by Crippen LogP contribution is 2.19. The van der Waals surface area contributed by atoms with Gasteiger partial charge in [-0.1, -0.05) is 37.1 Å². The third-order valence-corrected chi connectivity index (χ3v) is 4.33. The standard InChI is InChI=1S/C20H21ClN4O/c1-4-5-15-6-8-16(9-7-15)22-20(26)19-17(21)10-11-18(23-19)25-14(3)12-13(2)24-25/h6-12H,4-5H2,1-3H3,(H,22,26). The van der Waals surface area contributed by atoms with Gasteiger partial charge in [-0.25, -0.2) is 9.67 Å². The number of nitrogens with one attached hydrogen (secondary N) is 1. The molecule has 0 unspecified atom stereocenters. The van der Waals surface area contributed by atoms with Crippen molar-refractivity contribution in [2.45, 2.75) is 33.6 Å². The first-order valence-electron chi connectivity index (χ1n) is 8.58. The van der Waals surface area contributed by atoms with Gasteiger partial charge in [0.05, 0.1) is 10.7 Å². The Kier molecular flexibility index (Phi) is 5.38. The molecule has 0 radical (unpaired) electrons. The molecule has 2 heterocycles. The summed E-state index contributed by atoms with van der Waals surface area (Å²) >= 11 is 6.20. The maximum absolute atomic E-state index is 12.6. The van der Waals surface area contributed by atoms with Gasteiger partial charge in [-0.3, -0.25) is 4.79 Å². The van der Waals surface area contributed by atoms with E-state index in [-0.39, 0.29) is 11.6 Å². The smallest absolute Gasteiger partial charge is 0.275 e. The van der Waals surface area contributed by atoms with Gasteiger partial charge < -0.3 is 5.32 Å². The van der Waals surface area contributed by atoms with Crippen molar-refractivity contribution in [2.75, 3.05) is 5.32 Å². The molecule has 0 fully saturated rings. The zero-order chi connectivity index (χ0) is 18.7. The maximum Gasteiger partial charge on any atom is 0.275 e. The van der Waals surface area contributed by atoms with Gasteiger partial charge in [0, 0.05) is 11.4 Å². The van der Waals surface area contributed by atoms with E-state index in [9.17, 15) is 4.79 Å². The Labute approximate surface area is 158 Å². The van der Waals surface area contributed by atoms with E-state index in [1.807, 2.05) is 44.2 Å². The molecule has 1 amide bonds. The van der Waals surface area contributed by atoms with Crippen LogP contribution in [0.15, 0.2) is 42.5 Å². The molecule has 5 nitrogen and oxygen atoms in total. The molecule has 0 atom stereocenters. The molecular weight excluding hydrogens is 348 g/mol. The molecule has 0 bridgehead atoms. The second-order valence-electron chi connectivity index (χ2n) is 6.24. The van der Waals surface area contributed by atoms with Crippen molar-refractivity contribution in [3.63, 3.8) is 0 Å². The van der Waals surface area contributed by atoms with Gasteiger partial charge >= 0.3 is 0 Å². The van der Waals surface area contributed by atoms with Crippen LogP contribution < -0.4 is 5.32 Å². The van der Waals surface area contributed by atoms with Crippen molar-refractivity contribution in [2.24, 2.45) is 0 Å². The van der Waals surface area contributed by atoms with E-state index in [2.05, 4.69) is 22.3 Å². The Morgan fingerprint density at radius 3 is 2.50 bits per heavy atom. The van der Waals surface area contributed by atoms with Crippen molar-refractivity contribution >= 4 is 23.2 Å². The Morgan fingerprint density at radius 2 is 1.88 bits per heavy atom. The fourth-order valence-corrected chi connectivity index (χ4v) is 2.99. The summed E-state index contributed by atoms with van der Waals surface area (Å²) in [5.74, 6) is 0.213. The topological polar surface area (TPSA) is 59.8 Å². The molecule has 3 aromatic rings. The number of pyridine rings is 1. The number of hydrogen-bond donors (Lipinski definition) is 1. The number of nitrogens with zero attached hydrogens (tertiary/aromatic N) is 3. The van der Waals surface area contributed by atoms with Crippen molar-refractivity contribution in [3.05, 3.63) is 70.1 Å². The average Bonchev–Trinajstić information content (AvgIpc) is 2.95. The van der Waals surface area contributed by atoms with Crippen LogP contribution in [0.5, 0.6) is 0 Å². The van der Waals surface area contributed by atoms with Crippen LogP contribution in [-0.4, -0.2) is 20.7 Å². The molecule has 3 rings (SSSR count). The molecule has 0 saturated carbocycles. The average molecular weight is 369 g/mol. The summed E-state index contributed by atoms with van der Waals surface area (Å²) in [6.45, 7) is 5.99. The third-order valence-electron chi connectivity index (χ3n) is 4.02. The Balaban J connectivity index is 1.84. The molecular formula is C20H21ClN4O. The van der Waals surface area contributed by atoms with Crippen LogP contribution in [0.3, 0.4) is 0 Å². The number of amides is 1. The van der Waals surface area contributed by atoms with Gasteiger partial charge in [0.2, 0.25) is 0 Å². The van der Waals surface area contributed by atoms with Crippen molar-refractivity contribution in [1.82, 2.24) is 14.8 Å². The van der Waals surface area contributed by atoms with Gasteiger partial charge in [0.1, 0.15) is 5.69 Å². The Bertz CT molecular complexity index is 931. The second-order valence-corrected chi connectivity index (χ2v) is 6.65. The Morgan fingerprint density at radius 1 is 1.15 bits per heavy atom. The molecule has 0 aliphatic rings. The van der Waals surface area contributed by atoms with Crippen LogP contribution in [0, 0.1) is 13.8 Å². The van der Waals surface area contributed by atoms with Crippen LogP contribution in [0.1, 0.15) is 40.8 Å². The summed E-state index contributed by atoms with van der Waals surface area (Å²) in [5, 5.41) is 7.55. The van der Waals surface area contributed by atoms with E-state index in [0.29, 0.717) is 16.5 Å². The highest BCUT2D eigenvalue weighted by molar-refractivity contribution is 6.34. The number of rotatable bonds is 5. The molecule has 0 spiro atoms. The molecule has 0 saturated heterocycles. The van der Waals surface area contributed by atoms with Crippen LogP contribution in [0.25, 0.3) is 5.82 Å². The van der Waals surface area contributed by atoms with Crippen LogP contribution in [-0.2, 0) is 6.42 Å². The van der Waals surface area contributed by atoms with Crippen molar-refractivity contribution < 1.29 is 4.79 Å². The lowest BCUT2D eigenvalue weighted by Crippen LogP contribution is -2.16. The predicted octanol–water partition coefficient (Wildman–Crippen LogP) is 4.74. The lowest BCUT2D eigenvalue weighted by Gasteiger charge is -2.09. The SMILES string of the molecule is CCCc1ccc(NC(=O)c2nc(-n3nc(C)cc3C)ccc2Cl)cc1. The number of hydrogen-bond acceptors (Lipinski definition) is 3.